The molecular weight excluding hydrogens is 328 g/mol. The maximum Gasteiger partial charge on any atom is 0.302 e. The van der Waals surface area contributed by atoms with Crippen molar-refractivity contribution in [2.75, 3.05) is 13.2 Å². The molecule has 148 valence electrons. The van der Waals surface area contributed by atoms with Gasteiger partial charge in [-0.3, -0.25) is 4.79 Å². The third-order valence-corrected chi connectivity index (χ3v) is 8.47. The Bertz CT molecular complexity index is 583. The molecule has 2 aliphatic carbocycles. The summed E-state index contributed by atoms with van der Waals surface area (Å²) in [5.41, 5.74) is 0.209. The summed E-state index contributed by atoms with van der Waals surface area (Å²) in [6.45, 7) is 12.4. The molecule has 2 saturated heterocycles. The second-order valence-corrected chi connectivity index (χ2v) is 10.6. The third kappa shape index (κ3) is 2.83. The number of rotatable bonds is 3. The zero-order chi connectivity index (χ0) is 18.8. The molecule has 26 heavy (non-hydrogen) atoms. The maximum atomic E-state index is 11.4. The molecular formula is C22H36O4. The Hall–Kier alpha value is -0.610. The van der Waals surface area contributed by atoms with Gasteiger partial charge in [-0.05, 0) is 68.1 Å². The number of ether oxygens (including phenoxy) is 3. The minimum absolute atomic E-state index is 0.0907. The van der Waals surface area contributed by atoms with Gasteiger partial charge in [-0.25, -0.2) is 0 Å². The van der Waals surface area contributed by atoms with Crippen molar-refractivity contribution in [3.05, 3.63) is 0 Å². The Labute approximate surface area is 158 Å². The summed E-state index contributed by atoms with van der Waals surface area (Å²) in [5.74, 6) is 1.13. The first-order valence-electron chi connectivity index (χ1n) is 10.6. The van der Waals surface area contributed by atoms with E-state index in [4.69, 9.17) is 14.2 Å². The minimum atomic E-state index is -0.440. The highest BCUT2D eigenvalue weighted by atomic mass is 16.6. The Morgan fingerprint density at radius 2 is 1.73 bits per heavy atom. The molecule has 4 aliphatic rings. The first-order chi connectivity index (χ1) is 12.1. The van der Waals surface area contributed by atoms with Gasteiger partial charge in [0.1, 0.15) is 18.3 Å². The Morgan fingerprint density at radius 1 is 1.04 bits per heavy atom. The smallest absolute Gasteiger partial charge is 0.302 e. The first-order valence-corrected chi connectivity index (χ1v) is 10.6. The standard InChI is InChI=1S/C22H36O4/c1-15(23)25-14-22(18-13-24-18)12-8-17-20(4)10-6-9-19(2,3)16(20)7-11-21(17,5)26-22/h16-18H,6-14H2,1-5H3. The van der Waals surface area contributed by atoms with E-state index in [2.05, 4.69) is 27.7 Å². The lowest BCUT2D eigenvalue weighted by molar-refractivity contribution is -0.282. The minimum Gasteiger partial charge on any atom is -0.463 e. The number of hydrogen-bond acceptors (Lipinski definition) is 4. The molecule has 4 heteroatoms. The van der Waals surface area contributed by atoms with Crippen LogP contribution in [0, 0.1) is 22.7 Å². The van der Waals surface area contributed by atoms with Crippen LogP contribution in [-0.2, 0) is 19.0 Å². The molecule has 0 N–H and O–H groups in total. The molecule has 2 aliphatic heterocycles. The molecule has 4 nitrogen and oxygen atoms in total. The number of fused-ring (bicyclic) bond motifs is 3. The average molecular weight is 365 g/mol. The topological polar surface area (TPSA) is 48.1 Å². The fourth-order valence-corrected chi connectivity index (χ4v) is 7.26. The lowest BCUT2D eigenvalue weighted by atomic mass is 9.44. The normalized spacial score (nSPS) is 49.7. The van der Waals surface area contributed by atoms with Gasteiger partial charge in [-0.15, -0.1) is 0 Å². The van der Waals surface area contributed by atoms with E-state index in [1.165, 1.54) is 32.6 Å². The lowest BCUT2D eigenvalue weighted by Crippen LogP contribution is -2.65. The zero-order valence-corrected chi connectivity index (χ0v) is 17.2. The van der Waals surface area contributed by atoms with Crippen molar-refractivity contribution in [3.63, 3.8) is 0 Å². The molecule has 0 aromatic carbocycles. The number of epoxide rings is 1. The Kier molecular flexibility index (Phi) is 4.28. The quantitative estimate of drug-likeness (QED) is 0.546. The molecule has 0 radical (unpaired) electrons. The largest absolute Gasteiger partial charge is 0.463 e. The molecule has 0 amide bonds. The van der Waals surface area contributed by atoms with Crippen LogP contribution in [0.5, 0.6) is 0 Å². The number of esters is 1. The highest BCUT2D eigenvalue weighted by Crippen LogP contribution is 2.66. The van der Waals surface area contributed by atoms with Gasteiger partial charge in [0, 0.05) is 6.92 Å². The van der Waals surface area contributed by atoms with Gasteiger partial charge in [-0.1, -0.05) is 27.2 Å². The Balaban J connectivity index is 1.61. The summed E-state index contributed by atoms with van der Waals surface area (Å²) in [5, 5.41) is 0. The van der Waals surface area contributed by atoms with Crippen molar-refractivity contribution in [1.29, 1.82) is 0 Å². The molecule has 0 aromatic heterocycles. The second kappa shape index (κ2) is 5.94. The summed E-state index contributed by atoms with van der Waals surface area (Å²) >= 11 is 0. The van der Waals surface area contributed by atoms with Gasteiger partial charge >= 0.3 is 5.97 Å². The summed E-state index contributed by atoms with van der Waals surface area (Å²) < 4.78 is 18.0. The van der Waals surface area contributed by atoms with Crippen LogP contribution in [-0.4, -0.2) is 36.5 Å². The van der Waals surface area contributed by atoms with Crippen molar-refractivity contribution < 1.29 is 19.0 Å². The number of carbonyl (C=O) groups excluding carboxylic acids is 1. The highest BCUT2D eigenvalue weighted by molar-refractivity contribution is 5.66. The fraction of sp³-hybridized carbons (Fsp3) is 0.955. The first kappa shape index (κ1) is 18.7. The molecule has 0 aromatic rings. The molecule has 2 heterocycles. The van der Waals surface area contributed by atoms with Gasteiger partial charge in [0.05, 0.1) is 12.2 Å². The van der Waals surface area contributed by atoms with E-state index in [0.717, 1.165) is 31.8 Å². The predicted molar refractivity (Wildman–Crippen MR) is 99.8 cm³/mol. The summed E-state index contributed by atoms with van der Waals surface area (Å²) in [6.07, 6.45) is 8.53. The maximum absolute atomic E-state index is 11.4. The molecule has 6 atom stereocenters. The molecule has 4 fully saturated rings. The van der Waals surface area contributed by atoms with Gasteiger partial charge in [0.25, 0.3) is 0 Å². The van der Waals surface area contributed by atoms with E-state index in [9.17, 15) is 4.79 Å². The van der Waals surface area contributed by atoms with Crippen LogP contribution in [0.3, 0.4) is 0 Å². The van der Waals surface area contributed by atoms with Crippen LogP contribution >= 0.6 is 0 Å². The van der Waals surface area contributed by atoms with Crippen LogP contribution in [0.1, 0.15) is 79.6 Å². The van der Waals surface area contributed by atoms with Crippen LogP contribution in [0.4, 0.5) is 0 Å². The van der Waals surface area contributed by atoms with Crippen molar-refractivity contribution in [1.82, 2.24) is 0 Å². The second-order valence-electron chi connectivity index (χ2n) is 10.6. The number of hydrogen-bond donors (Lipinski definition) is 0. The van der Waals surface area contributed by atoms with Crippen molar-refractivity contribution in [2.45, 2.75) is 96.9 Å². The Morgan fingerprint density at radius 3 is 2.38 bits per heavy atom. The molecule has 2 saturated carbocycles. The van der Waals surface area contributed by atoms with Crippen LogP contribution in [0.25, 0.3) is 0 Å². The van der Waals surface area contributed by atoms with E-state index >= 15 is 0 Å². The summed E-state index contributed by atoms with van der Waals surface area (Å²) in [7, 11) is 0. The van der Waals surface area contributed by atoms with Gasteiger partial charge in [-0.2, -0.15) is 0 Å². The van der Waals surface area contributed by atoms with Gasteiger partial charge in [0.2, 0.25) is 0 Å². The van der Waals surface area contributed by atoms with Crippen LogP contribution in [0.2, 0.25) is 0 Å². The van der Waals surface area contributed by atoms with E-state index in [1.807, 2.05) is 0 Å². The zero-order valence-electron chi connectivity index (χ0n) is 17.2. The highest BCUT2D eigenvalue weighted by Gasteiger charge is 2.64. The fourth-order valence-electron chi connectivity index (χ4n) is 7.26. The number of carbonyl (C=O) groups is 1. The third-order valence-electron chi connectivity index (χ3n) is 8.47. The van der Waals surface area contributed by atoms with E-state index in [-0.39, 0.29) is 17.7 Å². The summed E-state index contributed by atoms with van der Waals surface area (Å²) in [4.78, 5) is 11.4. The average Bonchev–Trinajstić information content (AvgIpc) is 3.36. The van der Waals surface area contributed by atoms with Gasteiger partial charge in [0.15, 0.2) is 0 Å². The van der Waals surface area contributed by atoms with E-state index in [0.29, 0.717) is 23.4 Å². The lowest BCUT2D eigenvalue weighted by Gasteiger charge is -2.65. The SMILES string of the molecule is CC(=O)OCC1(C2CO2)CCC2C(C)(CCC3C(C)(C)CCCC32C)O1. The monoisotopic (exact) mass is 364 g/mol. The molecule has 4 rings (SSSR count). The molecule has 0 bridgehead atoms. The van der Waals surface area contributed by atoms with Crippen molar-refractivity contribution in [3.8, 4) is 0 Å². The molecule has 6 unspecified atom stereocenters. The summed E-state index contributed by atoms with van der Waals surface area (Å²) in [6, 6.07) is 0. The molecule has 0 spiro atoms. The van der Waals surface area contributed by atoms with Crippen LogP contribution < -0.4 is 0 Å². The predicted octanol–water partition coefficient (Wildman–Crippen LogP) is 4.50. The van der Waals surface area contributed by atoms with Crippen LogP contribution in [0.15, 0.2) is 0 Å². The van der Waals surface area contributed by atoms with Crippen molar-refractivity contribution in [2.24, 2.45) is 22.7 Å². The van der Waals surface area contributed by atoms with E-state index in [1.54, 1.807) is 0 Å². The van der Waals surface area contributed by atoms with Gasteiger partial charge < -0.3 is 14.2 Å². The van der Waals surface area contributed by atoms with Crippen molar-refractivity contribution >= 4 is 5.97 Å². The van der Waals surface area contributed by atoms with E-state index < -0.39 is 5.60 Å².